The molecule has 2 heterocycles. The molecule has 1 N–H and O–H groups in total. The number of carbonyl (C=O) groups excluding carboxylic acids is 1. The van der Waals surface area contributed by atoms with Crippen LogP contribution in [0.5, 0.6) is 0 Å². The number of hydrogen-bond acceptors (Lipinski definition) is 4. The molecule has 136 valence electrons. The Morgan fingerprint density at radius 1 is 1.35 bits per heavy atom. The first kappa shape index (κ1) is 17.9. The summed E-state index contributed by atoms with van der Waals surface area (Å²) in [5.41, 5.74) is 0.450. The minimum atomic E-state index is -4.54. The second-order valence-corrected chi connectivity index (χ2v) is 5.74. The molecule has 0 radical (unpaired) electrons. The Kier molecular flexibility index (Phi) is 4.95. The summed E-state index contributed by atoms with van der Waals surface area (Å²) >= 11 is 0. The smallest absolute Gasteiger partial charge is 0.376 e. The molecule has 1 aliphatic heterocycles. The van der Waals surface area contributed by atoms with Gasteiger partial charge in [-0.25, -0.2) is 0 Å². The second kappa shape index (κ2) is 7.17. The number of nitrogens with one attached hydrogen (secondary N) is 1. The Labute approximate surface area is 147 Å². The van der Waals surface area contributed by atoms with E-state index in [2.05, 4.69) is 10.4 Å². The molecule has 6 nitrogen and oxygen atoms in total. The van der Waals surface area contributed by atoms with E-state index in [-0.39, 0.29) is 31.2 Å². The number of amides is 1. The van der Waals surface area contributed by atoms with Crippen LogP contribution in [0.1, 0.15) is 32.9 Å². The van der Waals surface area contributed by atoms with E-state index < -0.39 is 11.9 Å². The number of nitrogens with zero attached hydrogens (tertiary/aromatic N) is 3. The van der Waals surface area contributed by atoms with E-state index in [0.717, 1.165) is 0 Å². The van der Waals surface area contributed by atoms with Gasteiger partial charge >= 0.3 is 6.18 Å². The molecule has 0 bridgehead atoms. The van der Waals surface area contributed by atoms with Gasteiger partial charge in [-0.3, -0.25) is 9.48 Å². The lowest BCUT2D eigenvalue weighted by Gasteiger charge is -2.15. The number of halogens is 3. The average Bonchev–Trinajstić information content (AvgIpc) is 3.01. The topological polar surface area (TPSA) is 79.9 Å². The van der Waals surface area contributed by atoms with Crippen LogP contribution >= 0.6 is 0 Å². The molecule has 1 amide bonds. The molecular weight excluding hydrogens is 349 g/mol. The van der Waals surface area contributed by atoms with E-state index in [4.69, 9.17) is 10.00 Å². The first-order chi connectivity index (χ1) is 12.4. The molecule has 1 aromatic heterocycles. The van der Waals surface area contributed by atoms with Crippen molar-refractivity contribution in [3.63, 3.8) is 0 Å². The second-order valence-electron chi connectivity index (χ2n) is 5.74. The predicted octanol–water partition coefficient (Wildman–Crippen LogP) is 2.28. The number of carbonyl (C=O) groups is 1. The van der Waals surface area contributed by atoms with Crippen molar-refractivity contribution in [3.8, 4) is 6.07 Å². The fourth-order valence-electron chi connectivity index (χ4n) is 2.79. The molecule has 0 saturated carbocycles. The van der Waals surface area contributed by atoms with E-state index in [1.165, 1.54) is 28.9 Å². The molecule has 0 unspecified atom stereocenters. The Morgan fingerprint density at radius 2 is 2.08 bits per heavy atom. The number of rotatable bonds is 4. The molecule has 9 heteroatoms. The first-order valence-electron chi connectivity index (χ1n) is 7.92. The third-order valence-electron chi connectivity index (χ3n) is 4.05. The number of aromatic nitrogens is 2. The van der Waals surface area contributed by atoms with Gasteiger partial charge in [0.05, 0.1) is 31.4 Å². The van der Waals surface area contributed by atoms with Gasteiger partial charge in [0, 0.05) is 29.8 Å². The highest BCUT2D eigenvalue weighted by Gasteiger charge is 2.39. The summed E-state index contributed by atoms with van der Waals surface area (Å²) < 4.78 is 45.7. The van der Waals surface area contributed by atoms with Crippen LogP contribution in [0.3, 0.4) is 0 Å². The van der Waals surface area contributed by atoms with Crippen LogP contribution in [0.15, 0.2) is 24.3 Å². The van der Waals surface area contributed by atoms with E-state index in [9.17, 15) is 18.0 Å². The van der Waals surface area contributed by atoms with Crippen LogP contribution in [-0.2, 0) is 30.5 Å². The molecule has 0 atom stereocenters. The Balaban J connectivity index is 1.67. The molecule has 0 spiro atoms. The van der Waals surface area contributed by atoms with E-state index in [1.807, 2.05) is 6.07 Å². The molecule has 0 saturated heterocycles. The van der Waals surface area contributed by atoms with Crippen molar-refractivity contribution < 1.29 is 22.7 Å². The minimum absolute atomic E-state index is 0.0715. The lowest BCUT2D eigenvalue weighted by atomic mass is 10.1. The van der Waals surface area contributed by atoms with Gasteiger partial charge in [-0.2, -0.15) is 23.5 Å². The summed E-state index contributed by atoms with van der Waals surface area (Å²) in [6, 6.07) is 8.03. The lowest BCUT2D eigenvalue weighted by Crippen LogP contribution is -2.28. The summed E-state index contributed by atoms with van der Waals surface area (Å²) in [4.78, 5) is 12.1. The van der Waals surface area contributed by atoms with Gasteiger partial charge in [0.1, 0.15) is 0 Å². The molecule has 0 fully saturated rings. The SMILES string of the molecule is N#Cc1ccc(C(=O)NCCn2nc(C(F)(F)F)c3c2CCOC3)cc1. The summed E-state index contributed by atoms with van der Waals surface area (Å²) in [5.74, 6) is -0.366. The molecule has 0 aliphatic carbocycles. The molecule has 3 rings (SSSR count). The highest BCUT2D eigenvalue weighted by atomic mass is 19.4. The highest BCUT2D eigenvalue weighted by molar-refractivity contribution is 5.94. The van der Waals surface area contributed by atoms with Crippen molar-refractivity contribution >= 4 is 5.91 Å². The maximum absolute atomic E-state index is 13.1. The average molecular weight is 364 g/mol. The maximum Gasteiger partial charge on any atom is 0.435 e. The third kappa shape index (κ3) is 3.70. The monoisotopic (exact) mass is 364 g/mol. The number of fused-ring (bicyclic) bond motifs is 1. The number of benzene rings is 1. The molecular formula is C17H15F3N4O2. The van der Waals surface area contributed by atoms with Crippen molar-refractivity contribution in [2.24, 2.45) is 0 Å². The zero-order valence-corrected chi connectivity index (χ0v) is 13.6. The van der Waals surface area contributed by atoms with Gasteiger partial charge in [0.25, 0.3) is 5.91 Å². The highest BCUT2D eigenvalue weighted by Crippen LogP contribution is 2.34. The molecule has 1 aliphatic rings. The maximum atomic E-state index is 13.1. The van der Waals surface area contributed by atoms with Crippen molar-refractivity contribution in [2.75, 3.05) is 13.2 Å². The zero-order valence-electron chi connectivity index (χ0n) is 13.6. The van der Waals surface area contributed by atoms with Crippen molar-refractivity contribution in [1.29, 1.82) is 5.26 Å². The fraction of sp³-hybridized carbons (Fsp3) is 0.353. The number of hydrogen-bond donors (Lipinski definition) is 1. The van der Waals surface area contributed by atoms with Crippen LogP contribution in [0.4, 0.5) is 13.2 Å². The molecule has 26 heavy (non-hydrogen) atoms. The largest absolute Gasteiger partial charge is 0.435 e. The van der Waals surface area contributed by atoms with Gasteiger partial charge in [-0.1, -0.05) is 0 Å². The summed E-state index contributed by atoms with van der Waals surface area (Å²) in [7, 11) is 0. The standard InChI is InChI=1S/C17H15F3N4O2/c18-17(19,20)15-13-10-26-8-5-14(13)24(23-15)7-6-22-16(25)12-3-1-11(9-21)2-4-12/h1-4H,5-8,10H2,(H,22,25). The summed E-state index contributed by atoms with van der Waals surface area (Å²) in [6.45, 7) is 0.487. The molecule has 2 aromatic rings. The van der Waals surface area contributed by atoms with E-state index >= 15 is 0 Å². The van der Waals surface area contributed by atoms with Crippen LogP contribution in [-0.4, -0.2) is 28.8 Å². The Morgan fingerprint density at radius 3 is 2.73 bits per heavy atom. The van der Waals surface area contributed by atoms with Crippen molar-refractivity contribution in [2.45, 2.75) is 25.7 Å². The lowest BCUT2D eigenvalue weighted by molar-refractivity contribution is -0.142. The minimum Gasteiger partial charge on any atom is -0.376 e. The Hall–Kier alpha value is -2.86. The van der Waals surface area contributed by atoms with E-state index in [1.54, 1.807) is 0 Å². The quantitative estimate of drug-likeness (QED) is 0.903. The van der Waals surface area contributed by atoms with Crippen LogP contribution in [0.25, 0.3) is 0 Å². The summed E-state index contributed by atoms with van der Waals surface area (Å²) in [5, 5.41) is 15.1. The van der Waals surface area contributed by atoms with Crippen LogP contribution in [0.2, 0.25) is 0 Å². The van der Waals surface area contributed by atoms with Crippen LogP contribution in [0, 0.1) is 11.3 Å². The number of alkyl halides is 3. The van der Waals surface area contributed by atoms with Gasteiger partial charge in [0.15, 0.2) is 5.69 Å². The number of ether oxygens (including phenoxy) is 1. The fourth-order valence-corrected chi connectivity index (χ4v) is 2.79. The normalized spacial score (nSPS) is 13.8. The summed E-state index contributed by atoms with van der Waals surface area (Å²) in [6.07, 6.45) is -4.19. The Bertz CT molecular complexity index is 851. The van der Waals surface area contributed by atoms with Gasteiger partial charge in [-0.05, 0) is 24.3 Å². The molecule has 1 aromatic carbocycles. The van der Waals surface area contributed by atoms with Gasteiger partial charge in [0.2, 0.25) is 0 Å². The van der Waals surface area contributed by atoms with Crippen molar-refractivity contribution in [3.05, 3.63) is 52.3 Å². The van der Waals surface area contributed by atoms with Crippen molar-refractivity contribution in [1.82, 2.24) is 15.1 Å². The third-order valence-corrected chi connectivity index (χ3v) is 4.05. The van der Waals surface area contributed by atoms with E-state index in [0.29, 0.717) is 29.8 Å². The van der Waals surface area contributed by atoms with Gasteiger partial charge < -0.3 is 10.1 Å². The van der Waals surface area contributed by atoms with Gasteiger partial charge in [-0.15, -0.1) is 0 Å². The number of nitriles is 1. The first-order valence-corrected chi connectivity index (χ1v) is 7.92. The van der Waals surface area contributed by atoms with Crippen LogP contribution < -0.4 is 5.32 Å². The predicted molar refractivity (Wildman–Crippen MR) is 84.1 cm³/mol. The zero-order chi connectivity index (χ0) is 18.7.